The van der Waals surface area contributed by atoms with Crippen molar-refractivity contribution >= 4 is 0 Å². The maximum atomic E-state index is 5.63. The minimum atomic E-state index is 0.496. The van der Waals surface area contributed by atoms with Crippen LogP contribution in [-0.4, -0.2) is 28.8 Å². The van der Waals surface area contributed by atoms with Gasteiger partial charge in [-0.15, -0.1) is 0 Å². The van der Waals surface area contributed by atoms with Crippen LogP contribution in [0, 0.1) is 5.92 Å². The lowest BCUT2D eigenvalue weighted by Gasteiger charge is -2.11. The predicted molar refractivity (Wildman–Crippen MR) is 74.5 cm³/mol. The minimum absolute atomic E-state index is 0.496. The van der Waals surface area contributed by atoms with Crippen molar-refractivity contribution < 1.29 is 4.74 Å². The molecule has 0 aliphatic heterocycles. The van der Waals surface area contributed by atoms with E-state index in [1.165, 1.54) is 5.69 Å². The highest BCUT2D eigenvalue weighted by atomic mass is 16.5. The van der Waals surface area contributed by atoms with Crippen LogP contribution in [-0.2, 0) is 17.8 Å². The number of nitrogens with zero attached hydrogens (tertiary/aromatic N) is 2. The van der Waals surface area contributed by atoms with Crippen LogP contribution in [0.4, 0.5) is 0 Å². The molecule has 1 aromatic rings. The molecule has 0 unspecified atom stereocenters. The van der Waals surface area contributed by atoms with Gasteiger partial charge in [0.2, 0.25) is 0 Å². The van der Waals surface area contributed by atoms with Gasteiger partial charge in [-0.3, -0.25) is 0 Å². The summed E-state index contributed by atoms with van der Waals surface area (Å²) in [4.78, 5) is 4.19. The van der Waals surface area contributed by atoms with Gasteiger partial charge in [0.1, 0.15) is 0 Å². The molecule has 4 nitrogen and oxygen atoms in total. The number of ether oxygens (including phenoxy) is 1. The first-order chi connectivity index (χ1) is 8.59. The average Bonchev–Trinajstić information content (AvgIpc) is 2.73. The Labute approximate surface area is 111 Å². The van der Waals surface area contributed by atoms with Crippen molar-refractivity contribution in [1.29, 1.82) is 0 Å². The van der Waals surface area contributed by atoms with E-state index in [9.17, 15) is 0 Å². The van der Waals surface area contributed by atoms with E-state index in [0.717, 1.165) is 32.7 Å². The van der Waals surface area contributed by atoms with E-state index in [0.29, 0.717) is 12.0 Å². The summed E-state index contributed by atoms with van der Waals surface area (Å²) in [5, 5.41) is 3.40. The fraction of sp³-hybridized carbons (Fsp3) is 0.786. The number of rotatable bonds is 9. The number of hydrogen-bond acceptors (Lipinski definition) is 3. The molecule has 0 spiro atoms. The van der Waals surface area contributed by atoms with Gasteiger partial charge < -0.3 is 14.6 Å². The third-order valence-corrected chi connectivity index (χ3v) is 2.81. The third-order valence-electron chi connectivity index (χ3n) is 2.81. The van der Waals surface area contributed by atoms with Gasteiger partial charge in [0.15, 0.2) is 0 Å². The Kier molecular flexibility index (Phi) is 6.98. The number of hydrogen-bond donors (Lipinski definition) is 1. The first-order valence-electron chi connectivity index (χ1n) is 6.89. The Balaban J connectivity index is 2.23. The molecule has 0 aliphatic carbocycles. The minimum Gasteiger partial charge on any atom is -0.380 e. The standard InChI is InChI=1S/C14H27N3O/c1-12(2)5-7-18-8-6-17-11-15-9-14(17)10-16-13(3)4/h9,11-13,16H,5-8,10H2,1-4H3. The predicted octanol–water partition coefficient (Wildman–Crippen LogP) is 2.44. The van der Waals surface area contributed by atoms with Crippen LogP contribution in [0.2, 0.25) is 0 Å². The van der Waals surface area contributed by atoms with Gasteiger partial charge in [-0.1, -0.05) is 27.7 Å². The van der Waals surface area contributed by atoms with Crippen LogP contribution in [0.1, 0.15) is 39.8 Å². The summed E-state index contributed by atoms with van der Waals surface area (Å²) in [6, 6.07) is 0.496. The summed E-state index contributed by atoms with van der Waals surface area (Å²) in [6.45, 7) is 12.1. The van der Waals surface area contributed by atoms with E-state index in [2.05, 4.69) is 42.6 Å². The van der Waals surface area contributed by atoms with Crippen LogP contribution in [0.15, 0.2) is 12.5 Å². The van der Waals surface area contributed by atoms with E-state index in [1.54, 1.807) is 0 Å². The Morgan fingerprint density at radius 3 is 2.72 bits per heavy atom. The SMILES string of the molecule is CC(C)CCOCCn1cncc1CNC(C)C. The molecule has 0 aromatic carbocycles. The molecule has 0 amide bonds. The van der Waals surface area contributed by atoms with Crippen molar-refractivity contribution in [3.8, 4) is 0 Å². The van der Waals surface area contributed by atoms with Gasteiger partial charge in [-0.25, -0.2) is 4.98 Å². The first kappa shape index (κ1) is 15.2. The molecule has 1 N–H and O–H groups in total. The summed E-state index contributed by atoms with van der Waals surface area (Å²) < 4.78 is 7.79. The normalized spacial score (nSPS) is 11.7. The molecule has 0 saturated heterocycles. The molecule has 104 valence electrons. The lowest BCUT2D eigenvalue weighted by atomic mass is 10.1. The van der Waals surface area contributed by atoms with E-state index in [4.69, 9.17) is 4.74 Å². The molecule has 0 radical (unpaired) electrons. The molecular weight excluding hydrogens is 226 g/mol. The molecule has 1 aromatic heterocycles. The highest BCUT2D eigenvalue weighted by Crippen LogP contribution is 2.02. The lowest BCUT2D eigenvalue weighted by molar-refractivity contribution is 0.115. The van der Waals surface area contributed by atoms with Crippen LogP contribution in [0.5, 0.6) is 0 Å². The van der Waals surface area contributed by atoms with Gasteiger partial charge in [-0.2, -0.15) is 0 Å². The molecule has 4 heteroatoms. The van der Waals surface area contributed by atoms with Gasteiger partial charge >= 0.3 is 0 Å². The smallest absolute Gasteiger partial charge is 0.0949 e. The maximum absolute atomic E-state index is 5.63. The molecular formula is C14H27N3O. The lowest BCUT2D eigenvalue weighted by Crippen LogP contribution is -2.23. The second kappa shape index (κ2) is 8.27. The topological polar surface area (TPSA) is 39.1 Å². The average molecular weight is 253 g/mol. The van der Waals surface area contributed by atoms with Crippen molar-refractivity contribution in [2.45, 2.75) is 53.2 Å². The van der Waals surface area contributed by atoms with E-state index < -0.39 is 0 Å². The quantitative estimate of drug-likeness (QED) is 0.687. The van der Waals surface area contributed by atoms with Crippen LogP contribution < -0.4 is 5.32 Å². The van der Waals surface area contributed by atoms with Gasteiger partial charge in [-0.05, 0) is 12.3 Å². The zero-order valence-corrected chi connectivity index (χ0v) is 12.1. The monoisotopic (exact) mass is 253 g/mol. The summed E-state index contributed by atoms with van der Waals surface area (Å²) in [5.41, 5.74) is 1.22. The Bertz CT molecular complexity index is 321. The van der Waals surface area contributed by atoms with Crippen molar-refractivity contribution in [3.63, 3.8) is 0 Å². The van der Waals surface area contributed by atoms with Crippen LogP contribution in [0.25, 0.3) is 0 Å². The molecule has 0 saturated carbocycles. The number of nitrogens with one attached hydrogen (secondary N) is 1. The first-order valence-corrected chi connectivity index (χ1v) is 6.89. The Morgan fingerprint density at radius 1 is 1.28 bits per heavy atom. The van der Waals surface area contributed by atoms with Gasteiger partial charge in [0, 0.05) is 31.9 Å². The summed E-state index contributed by atoms with van der Waals surface area (Å²) in [7, 11) is 0. The van der Waals surface area contributed by atoms with Crippen molar-refractivity contribution in [2.75, 3.05) is 13.2 Å². The number of imidazole rings is 1. The molecule has 0 aliphatic rings. The van der Waals surface area contributed by atoms with Crippen molar-refractivity contribution in [3.05, 3.63) is 18.2 Å². The van der Waals surface area contributed by atoms with Gasteiger partial charge in [0.05, 0.1) is 18.6 Å². The molecule has 0 atom stereocenters. The zero-order valence-electron chi connectivity index (χ0n) is 12.1. The van der Waals surface area contributed by atoms with E-state index in [-0.39, 0.29) is 0 Å². The second-order valence-electron chi connectivity index (χ2n) is 5.41. The molecule has 0 bridgehead atoms. The van der Waals surface area contributed by atoms with E-state index >= 15 is 0 Å². The maximum Gasteiger partial charge on any atom is 0.0949 e. The van der Waals surface area contributed by atoms with Crippen molar-refractivity contribution in [1.82, 2.24) is 14.9 Å². The van der Waals surface area contributed by atoms with Gasteiger partial charge in [0.25, 0.3) is 0 Å². The molecule has 1 rings (SSSR count). The summed E-state index contributed by atoms with van der Waals surface area (Å²) in [5.74, 6) is 0.712. The van der Waals surface area contributed by atoms with Crippen molar-refractivity contribution in [2.24, 2.45) is 5.92 Å². The third kappa shape index (κ3) is 6.17. The van der Waals surface area contributed by atoms with E-state index in [1.807, 2.05) is 12.5 Å². The summed E-state index contributed by atoms with van der Waals surface area (Å²) >= 11 is 0. The highest BCUT2D eigenvalue weighted by molar-refractivity contribution is 4.98. The molecule has 18 heavy (non-hydrogen) atoms. The highest BCUT2D eigenvalue weighted by Gasteiger charge is 2.02. The fourth-order valence-electron chi connectivity index (χ4n) is 1.59. The Morgan fingerprint density at radius 2 is 2.06 bits per heavy atom. The summed E-state index contributed by atoms with van der Waals surface area (Å²) in [6.07, 6.45) is 4.93. The number of aromatic nitrogens is 2. The largest absolute Gasteiger partial charge is 0.380 e. The molecule has 1 heterocycles. The fourth-order valence-corrected chi connectivity index (χ4v) is 1.59. The van der Waals surface area contributed by atoms with Crippen LogP contribution in [0.3, 0.4) is 0 Å². The zero-order chi connectivity index (χ0) is 13.4. The second-order valence-corrected chi connectivity index (χ2v) is 5.41. The van der Waals surface area contributed by atoms with Crippen LogP contribution >= 0.6 is 0 Å². The molecule has 0 fully saturated rings. The Hall–Kier alpha value is -0.870.